The zero-order chi connectivity index (χ0) is 15.6. The van der Waals surface area contributed by atoms with Gasteiger partial charge in [-0.25, -0.2) is 9.59 Å². The summed E-state index contributed by atoms with van der Waals surface area (Å²) in [4.78, 5) is 25.4. The van der Waals surface area contributed by atoms with E-state index in [4.69, 9.17) is 0 Å². The Bertz CT molecular complexity index is 576. The number of nitrogens with zero attached hydrogens (tertiary/aromatic N) is 1. The zero-order valence-electron chi connectivity index (χ0n) is 12.1. The molecule has 2 amide bonds. The SMILES string of the molecule is Cc1ccc(Br)c(NC(=O)N2CCCCC2(C)C(=O)O)c1. The summed E-state index contributed by atoms with van der Waals surface area (Å²) in [7, 11) is 0. The number of rotatable bonds is 2. The van der Waals surface area contributed by atoms with Crippen molar-refractivity contribution in [1.82, 2.24) is 4.90 Å². The van der Waals surface area contributed by atoms with Crippen LogP contribution in [0.4, 0.5) is 10.5 Å². The van der Waals surface area contributed by atoms with Gasteiger partial charge in [0.25, 0.3) is 0 Å². The summed E-state index contributed by atoms with van der Waals surface area (Å²) in [6, 6.07) is 5.27. The molecule has 1 atom stereocenters. The number of likely N-dealkylation sites (tertiary alicyclic amines) is 1. The van der Waals surface area contributed by atoms with Gasteiger partial charge in [0.15, 0.2) is 0 Å². The normalized spacial score (nSPS) is 22.0. The third-order valence-electron chi connectivity index (χ3n) is 3.96. The minimum Gasteiger partial charge on any atom is -0.480 e. The number of aliphatic carboxylic acids is 1. The highest BCUT2D eigenvalue weighted by molar-refractivity contribution is 9.10. The summed E-state index contributed by atoms with van der Waals surface area (Å²) in [6.07, 6.45) is 2.12. The van der Waals surface area contributed by atoms with Crippen LogP contribution in [0.15, 0.2) is 22.7 Å². The number of carboxylic acid groups (broad SMARTS) is 1. The molecule has 1 fully saturated rings. The highest BCUT2D eigenvalue weighted by Crippen LogP contribution is 2.30. The highest BCUT2D eigenvalue weighted by atomic mass is 79.9. The smallest absolute Gasteiger partial charge is 0.329 e. The molecule has 1 aliphatic rings. The van der Waals surface area contributed by atoms with Crippen LogP contribution in [-0.2, 0) is 4.79 Å². The standard InChI is InChI=1S/C15H19BrN2O3/c1-10-5-6-11(16)12(9-10)17-14(21)18-8-4-3-7-15(18,2)13(19)20/h5-6,9H,3-4,7-8H2,1-2H3,(H,17,21)(H,19,20). The van der Waals surface area contributed by atoms with Crippen molar-refractivity contribution in [3.8, 4) is 0 Å². The second-order valence-electron chi connectivity index (χ2n) is 5.60. The Morgan fingerprint density at radius 1 is 1.38 bits per heavy atom. The second kappa shape index (κ2) is 6.05. The average molecular weight is 355 g/mol. The summed E-state index contributed by atoms with van der Waals surface area (Å²) in [5, 5.41) is 12.3. The van der Waals surface area contributed by atoms with Gasteiger partial charge in [-0.2, -0.15) is 0 Å². The molecular formula is C15H19BrN2O3. The summed E-state index contributed by atoms with van der Waals surface area (Å²) in [5.41, 5.74) is 0.532. The van der Waals surface area contributed by atoms with Crippen molar-refractivity contribution in [2.24, 2.45) is 0 Å². The number of hydrogen-bond donors (Lipinski definition) is 2. The fourth-order valence-corrected chi connectivity index (χ4v) is 2.93. The number of halogens is 1. The van der Waals surface area contributed by atoms with Crippen LogP contribution in [0.5, 0.6) is 0 Å². The first kappa shape index (κ1) is 15.8. The Balaban J connectivity index is 2.22. The maximum atomic E-state index is 12.5. The Hall–Kier alpha value is -1.56. The number of hydrogen-bond acceptors (Lipinski definition) is 2. The van der Waals surface area contributed by atoms with Crippen LogP contribution in [0.1, 0.15) is 31.7 Å². The molecule has 1 unspecified atom stereocenters. The minimum absolute atomic E-state index is 0.370. The number of carboxylic acids is 1. The Kier molecular flexibility index (Phi) is 4.56. The van der Waals surface area contributed by atoms with Crippen LogP contribution >= 0.6 is 15.9 Å². The fraction of sp³-hybridized carbons (Fsp3) is 0.467. The van der Waals surface area contributed by atoms with E-state index in [0.29, 0.717) is 18.7 Å². The topological polar surface area (TPSA) is 69.6 Å². The van der Waals surface area contributed by atoms with Crippen LogP contribution < -0.4 is 5.32 Å². The van der Waals surface area contributed by atoms with Crippen LogP contribution in [0.3, 0.4) is 0 Å². The molecule has 114 valence electrons. The Labute approximate surface area is 132 Å². The molecule has 1 heterocycles. The van der Waals surface area contributed by atoms with Gasteiger partial charge in [-0.3, -0.25) is 0 Å². The number of piperidine rings is 1. The Morgan fingerprint density at radius 2 is 2.10 bits per heavy atom. The fourth-order valence-electron chi connectivity index (χ4n) is 2.59. The number of carbonyl (C=O) groups excluding carboxylic acids is 1. The number of anilines is 1. The van der Waals surface area contributed by atoms with Crippen molar-refractivity contribution in [3.63, 3.8) is 0 Å². The predicted octanol–water partition coefficient (Wildman–Crippen LogP) is 3.62. The van der Waals surface area contributed by atoms with Gasteiger partial charge in [-0.05, 0) is 66.7 Å². The lowest BCUT2D eigenvalue weighted by Crippen LogP contribution is -2.58. The summed E-state index contributed by atoms with van der Waals surface area (Å²) in [6.45, 7) is 4.00. The van der Waals surface area contributed by atoms with Gasteiger partial charge >= 0.3 is 12.0 Å². The number of benzene rings is 1. The molecular weight excluding hydrogens is 336 g/mol. The van der Waals surface area contributed by atoms with Crippen molar-refractivity contribution in [1.29, 1.82) is 0 Å². The maximum Gasteiger partial charge on any atom is 0.329 e. The van der Waals surface area contributed by atoms with E-state index >= 15 is 0 Å². The monoisotopic (exact) mass is 354 g/mol. The van der Waals surface area contributed by atoms with Crippen LogP contribution in [0.2, 0.25) is 0 Å². The summed E-state index contributed by atoms with van der Waals surface area (Å²) in [5.74, 6) is -0.958. The lowest BCUT2D eigenvalue weighted by Gasteiger charge is -2.41. The first-order valence-electron chi connectivity index (χ1n) is 6.93. The molecule has 0 bridgehead atoms. The molecule has 0 spiro atoms. The number of carbonyl (C=O) groups is 2. The van der Waals surface area contributed by atoms with Crippen LogP contribution in [0, 0.1) is 6.92 Å². The molecule has 1 aliphatic heterocycles. The van der Waals surface area contributed by atoms with E-state index < -0.39 is 11.5 Å². The number of urea groups is 1. The summed E-state index contributed by atoms with van der Waals surface area (Å²) < 4.78 is 0.774. The van der Waals surface area contributed by atoms with Gasteiger partial charge in [0, 0.05) is 11.0 Å². The maximum absolute atomic E-state index is 12.5. The molecule has 1 aromatic carbocycles. The van der Waals surface area contributed by atoms with Gasteiger partial charge in [-0.15, -0.1) is 0 Å². The molecule has 1 aromatic rings. The number of aryl methyl sites for hydroxylation is 1. The van der Waals surface area contributed by atoms with Gasteiger partial charge in [0.2, 0.25) is 0 Å². The molecule has 0 radical (unpaired) electrons. The van der Waals surface area contributed by atoms with Crippen molar-refractivity contribution < 1.29 is 14.7 Å². The quantitative estimate of drug-likeness (QED) is 0.851. The third-order valence-corrected chi connectivity index (χ3v) is 4.65. The molecule has 0 aromatic heterocycles. The molecule has 5 nitrogen and oxygen atoms in total. The van der Waals surface area contributed by atoms with Crippen molar-refractivity contribution in [2.45, 2.75) is 38.6 Å². The molecule has 2 rings (SSSR count). The Morgan fingerprint density at radius 3 is 2.76 bits per heavy atom. The first-order valence-corrected chi connectivity index (χ1v) is 7.72. The van der Waals surface area contributed by atoms with E-state index in [9.17, 15) is 14.7 Å². The lowest BCUT2D eigenvalue weighted by atomic mass is 9.89. The van der Waals surface area contributed by atoms with Gasteiger partial charge in [0.1, 0.15) is 5.54 Å². The van der Waals surface area contributed by atoms with E-state index in [-0.39, 0.29) is 6.03 Å². The second-order valence-corrected chi connectivity index (χ2v) is 6.46. The van der Waals surface area contributed by atoms with Gasteiger partial charge in [0.05, 0.1) is 5.69 Å². The molecule has 21 heavy (non-hydrogen) atoms. The van der Waals surface area contributed by atoms with Crippen molar-refractivity contribution in [3.05, 3.63) is 28.2 Å². The molecule has 1 saturated heterocycles. The highest BCUT2D eigenvalue weighted by Gasteiger charge is 2.44. The van der Waals surface area contributed by atoms with Gasteiger partial charge < -0.3 is 15.3 Å². The zero-order valence-corrected chi connectivity index (χ0v) is 13.7. The van der Waals surface area contributed by atoms with Crippen LogP contribution in [0.25, 0.3) is 0 Å². The van der Waals surface area contributed by atoms with E-state index in [1.54, 1.807) is 6.92 Å². The number of amides is 2. The lowest BCUT2D eigenvalue weighted by molar-refractivity contribution is -0.150. The van der Waals surface area contributed by atoms with E-state index in [2.05, 4.69) is 21.2 Å². The first-order chi connectivity index (χ1) is 9.84. The average Bonchev–Trinajstić information content (AvgIpc) is 2.43. The third kappa shape index (κ3) is 3.20. The number of nitrogens with one attached hydrogen (secondary N) is 1. The van der Waals surface area contributed by atoms with E-state index in [0.717, 1.165) is 22.9 Å². The van der Waals surface area contributed by atoms with Gasteiger partial charge in [-0.1, -0.05) is 6.07 Å². The molecule has 2 N–H and O–H groups in total. The van der Waals surface area contributed by atoms with Crippen molar-refractivity contribution in [2.75, 3.05) is 11.9 Å². The minimum atomic E-state index is -1.14. The van der Waals surface area contributed by atoms with Crippen molar-refractivity contribution >= 4 is 33.6 Å². The summed E-state index contributed by atoms with van der Waals surface area (Å²) >= 11 is 3.39. The predicted molar refractivity (Wildman–Crippen MR) is 84.5 cm³/mol. The largest absolute Gasteiger partial charge is 0.480 e. The van der Waals surface area contributed by atoms with E-state index in [1.807, 2.05) is 25.1 Å². The molecule has 0 aliphatic carbocycles. The molecule has 0 saturated carbocycles. The van der Waals surface area contributed by atoms with E-state index in [1.165, 1.54) is 4.90 Å². The molecule has 6 heteroatoms. The van der Waals surface area contributed by atoms with Crippen LogP contribution in [-0.4, -0.2) is 34.1 Å².